The van der Waals surface area contributed by atoms with Crippen LogP contribution >= 0.6 is 0 Å². The molecule has 0 saturated heterocycles. The molecule has 1 aliphatic rings. The normalized spacial score (nSPS) is 26.5. The fraction of sp³-hybridized carbons (Fsp3) is 0.636. The van der Waals surface area contributed by atoms with Gasteiger partial charge in [0, 0.05) is 13.0 Å². The number of hydrogen-bond acceptors (Lipinski definition) is 2. The topological polar surface area (TPSA) is 66.4 Å². The van der Waals surface area contributed by atoms with Gasteiger partial charge in [0.2, 0.25) is 5.91 Å². The molecular weight excluding hydrogens is 194 g/mol. The molecule has 2 unspecified atom stereocenters. The van der Waals surface area contributed by atoms with Crippen molar-refractivity contribution >= 4 is 11.9 Å². The monoisotopic (exact) mass is 209 g/mol. The fourth-order valence-electron chi connectivity index (χ4n) is 1.96. The molecule has 1 aliphatic carbocycles. The minimum atomic E-state index is -0.905. The largest absolute Gasteiger partial charge is 0.481 e. The number of carbonyl (C=O) groups excluding carboxylic acids is 1. The molecule has 0 aromatic rings. The van der Waals surface area contributed by atoms with Crippen molar-refractivity contribution in [2.24, 2.45) is 17.3 Å². The predicted octanol–water partition coefficient (Wildman–Crippen LogP) is 0.483. The van der Waals surface area contributed by atoms with E-state index < -0.39 is 23.2 Å². The quantitative estimate of drug-likeness (QED) is 0.523. The van der Waals surface area contributed by atoms with E-state index in [0.717, 1.165) is 0 Å². The molecule has 2 N–H and O–H groups in total. The van der Waals surface area contributed by atoms with Crippen molar-refractivity contribution in [2.45, 2.75) is 20.3 Å². The highest BCUT2D eigenvalue weighted by molar-refractivity contribution is 5.91. The Morgan fingerprint density at radius 3 is 2.47 bits per heavy atom. The molecule has 0 aromatic carbocycles. The number of terminal acetylenes is 1. The zero-order valence-electron chi connectivity index (χ0n) is 8.91. The van der Waals surface area contributed by atoms with Gasteiger partial charge in [0.15, 0.2) is 0 Å². The number of carboxylic acids is 1. The van der Waals surface area contributed by atoms with Gasteiger partial charge >= 0.3 is 5.97 Å². The average Bonchev–Trinajstić information content (AvgIpc) is 2.69. The van der Waals surface area contributed by atoms with Crippen LogP contribution in [-0.4, -0.2) is 23.5 Å². The summed E-state index contributed by atoms with van der Waals surface area (Å²) >= 11 is 0. The van der Waals surface area contributed by atoms with Crippen LogP contribution in [-0.2, 0) is 9.59 Å². The van der Waals surface area contributed by atoms with Gasteiger partial charge in [-0.2, -0.15) is 0 Å². The summed E-state index contributed by atoms with van der Waals surface area (Å²) in [6, 6.07) is 0. The molecule has 4 nitrogen and oxygen atoms in total. The lowest BCUT2D eigenvalue weighted by Gasteiger charge is -2.03. The Bertz CT molecular complexity index is 327. The molecule has 15 heavy (non-hydrogen) atoms. The van der Waals surface area contributed by atoms with Crippen LogP contribution in [0.25, 0.3) is 0 Å². The standard InChI is InChI=1S/C11H15NO3/c1-4-5-6-12-9(13)7-8(10(14)15)11(7,2)3/h1,7-8H,5-6H2,2-3H3,(H,12,13)(H,14,15). The van der Waals surface area contributed by atoms with E-state index in [4.69, 9.17) is 11.5 Å². The zero-order valence-corrected chi connectivity index (χ0v) is 8.91. The maximum absolute atomic E-state index is 11.6. The van der Waals surface area contributed by atoms with E-state index in [-0.39, 0.29) is 5.91 Å². The van der Waals surface area contributed by atoms with Gasteiger partial charge in [-0.15, -0.1) is 12.3 Å². The Balaban J connectivity index is 2.50. The molecule has 0 heterocycles. The van der Waals surface area contributed by atoms with Crippen LogP contribution in [0.15, 0.2) is 0 Å². The average molecular weight is 209 g/mol. The molecule has 4 heteroatoms. The second-order valence-electron chi connectivity index (χ2n) is 4.36. The van der Waals surface area contributed by atoms with Crippen molar-refractivity contribution in [3.63, 3.8) is 0 Å². The maximum atomic E-state index is 11.6. The molecule has 2 atom stereocenters. The summed E-state index contributed by atoms with van der Waals surface area (Å²) < 4.78 is 0. The Labute approximate surface area is 89.0 Å². The third-order valence-corrected chi connectivity index (χ3v) is 2.94. The van der Waals surface area contributed by atoms with Crippen LogP contribution < -0.4 is 5.32 Å². The van der Waals surface area contributed by atoms with Crippen LogP contribution in [0.2, 0.25) is 0 Å². The number of carbonyl (C=O) groups is 2. The first-order valence-corrected chi connectivity index (χ1v) is 4.87. The molecule has 0 bridgehead atoms. The Morgan fingerprint density at radius 2 is 2.07 bits per heavy atom. The van der Waals surface area contributed by atoms with Gasteiger partial charge in [0.25, 0.3) is 0 Å². The van der Waals surface area contributed by atoms with Crippen LogP contribution in [0.5, 0.6) is 0 Å². The molecule has 0 aromatic heterocycles. The van der Waals surface area contributed by atoms with Crippen LogP contribution in [0, 0.1) is 29.6 Å². The molecule has 0 spiro atoms. The van der Waals surface area contributed by atoms with E-state index in [1.807, 2.05) is 0 Å². The Morgan fingerprint density at radius 1 is 1.47 bits per heavy atom. The van der Waals surface area contributed by atoms with Crippen LogP contribution in [0.1, 0.15) is 20.3 Å². The first-order chi connectivity index (χ1) is 6.92. The predicted molar refractivity (Wildman–Crippen MR) is 54.9 cm³/mol. The molecular formula is C11H15NO3. The lowest BCUT2D eigenvalue weighted by molar-refractivity contribution is -0.140. The summed E-state index contributed by atoms with van der Waals surface area (Å²) in [5.74, 6) is 0.305. The van der Waals surface area contributed by atoms with Crippen molar-refractivity contribution in [3.8, 4) is 12.3 Å². The van der Waals surface area contributed by atoms with Gasteiger partial charge in [-0.3, -0.25) is 9.59 Å². The first kappa shape index (κ1) is 11.6. The van der Waals surface area contributed by atoms with E-state index in [0.29, 0.717) is 13.0 Å². The summed E-state index contributed by atoms with van der Waals surface area (Å²) in [4.78, 5) is 22.4. The fourth-order valence-corrected chi connectivity index (χ4v) is 1.96. The number of carboxylic acid groups (broad SMARTS) is 1. The number of hydrogen-bond donors (Lipinski definition) is 2. The van der Waals surface area contributed by atoms with Crippen molar-refractivity contribution in [1.29, 1.82) is 0 Å². The van der Waals surface area contributed by atoms with Crippen LogP contribution in [0.3, 0.4) is 0 Å². The van der Waals surface area contributed by atoms with Gasteiger partial charge in [-0.25, -0.2) is 0 Å². The summed E-state index contributed by atoms with van der Waals surface area (Å²) in [5, 5.41) is 11.5. The summed E-state index contributed by atoms with van der Waals surface area (Å²) in [6.07, 6.45) is 5.51. The molecule has 1 saturated carbocycles. The van der Waals surface area contributed by atoms with Crippen molar-refractivity contribution in [2.75, 3.05) is 6.54 Å². The second-order valence-corrected chi connectivity index (χ2v) is 4.36. The Kier molecular flexibility index (Phi) is 3.04. The summed E-state index contributed by atoms with van der Waals surface area (Å²) in [6.45, 7) is 3.99. The third-order valence-electron chi connectivity index (χ3n) is 2.94. The van der Waals surface area contributed by atoms with Gasteiger partial charge in [0.05, 0.1) is 11.8 Å². The van der Waals surface area contributed by atoms with Gasteiger partial charge < -0.3 is 10.4 Å². The summed E-state index contributed by atoms with van der Waals surface area (Å²) in [7, 11) is 0. The number of nitrogens with one attached hydrogen (secondary N) is 1. The number of amides is 1. The summed E-state index contributed by atoms with van der Waals surface area (Å²) in [5.41, 5.74) is -0.438. The minimum absolute atomic E-state index is 0.206. The smallest absolute Gasteiger partial charge is 0.307 e. The molecule has 1 amide bonds. The molecule has 0 radical (unpaired) electrons. The van der Waals surface area contributed by atoms with E-state index in [1.165, 1.54) is 0 Å². The molecule has 1 fully saturated rings. The van der Waals surface area contributed by atoms with E-state index in [9.17, 15) is 9.59 Å². The lowest BCUT2D eigenvalue weighted by atomic mass is 10.1. The van der Waals surface area contributed by atoms with Crippen LogP contribution in [0.4, 0.5) is 0 Å². The van der Waals surface area contributed by atoms with Gasteiger partial charge in [0.1, 0.15) is 0 Å². The molecule has 1 rings (SSSR count). The van der Waals surface area contributed by atoms with E-state index >= 15 is 0 Å². The highest BCUT2D eigenvalue weighted by Gasteiger charge is 2.65. The number of aliphatic carboxylic acids is 1. The van der Waals surface area contributed by atoms with E-state index in [1.54, 1.807) is 13.8 Å². The molecule has 82 valence electrons. The Hall–Kier alpha value is -1.50. The van der Waals surface area contributed by atoms with E-state index in [2.05, 4.69) is 11.2 Å². The lowest BCUT2D eigenvalue weighted by Crippen LogP contribution is -2.28. The van der Waals surface area contributed by atoms with Gasteiger partial charge in [-0.1, -0.05) is 13.8 Å². The van der Waals surface area contributed by atoms with Gasteiger partial charge in [-0.05, 0) is 5.41 Å². The van der Waals surface area contributed by atoms with Crippen molar-refractivity contribution < 1.29 is 14.7 Å². The highest BCUT2D eigenvalue weighted by atomic mass is 16.4. The second kappa shape index (κ2) is 3.93. The molecule has 0 aliphatic heterocycles. The zero-order chi connectivity index (χ0) is 11.6. The SMILES string of the molecule is C#CCCNC(=O)C1C(C(=O)O)C1(C)C. The maximum Gasteiger partial charge on any atom is 0.307 e. The third kappa shape index (κ3) is 2.12. The van der Waals surface area contributed by atoms with Crippen molar-refractivity contribution in [1.82, 2.24) is 5.32 Å². The number of rotatable bonds is 4. The highest BCUT2D eigenvalue weighted by Crippen LogP contribution is 2.58. The van der Waals surface area contributed by atoms with Crippen molar-refractivity contribution in [3.05, 3.63) is 0 Å². The minimum Gasteiger partial charge on any atom is -0.481 e. The first-order valence-electron chi connectivity index (χ1n) is 4.87.